The van der Waals surface area contributed by atoms with E-state index < -0.39 is 0 Å². The number of benzene rings is 1. The van der Waals surface area contributed by atoms with Crippen molar-refractivity contribution in [2.75, 3.05) is 5.32 Å². The molecule has 0 atom stereocenters. The second-order valence-electron chi connectivity index (χ2n) is 6.66. The van der Waals surface area contributed by atoms with Gasteiger partial charge in [0.15, 0.2) is 0 Å². The minimum Gasteiger partial charge on any atom is -0.381 e. The van der Waals surface area contributed by atoms with Crippen molar-refractivity contribution in [2.24, 2.45) is 0 Å². The Morgan fingerprint density at radius 3 is 2.70 bits per heavy atom. The van der Waals surface area contributed by atoms with Crippen molar-refractivity contribution in [2.45, 2.75) is 32.7 Å². The number of nitrogens with zero attached hydrogens (tertiary/aromatic N) is 2. The number of hydrogen-bond acceptors (Lipinski definition) is 3. The van der Waals surface area contributed by atoms with Gasteiger partial charge in [-0.25, -0.2) is 0 Å². The molecule has 3 aromatic rings. The molecule has 0 spiro atoms. The third-order valence-electron chi connectivity index (χ3n) is 3.74. The summed E-state index contributed by atoms with van der Waals surface area (Å²) in [7, 11) is 0. The van der Waals surface area contributed by atoms with Crippen LogP contribution < -0.4 is 5.32 Å². The summed E-state index contributed by atoms with van der Waals surface area (Å²) in [6, 6.07) is 14.3. The Hall–Kier alpha value is -2.62. The number of aromatic amines is 1. The molecule has 0 aliphatic heterocycles. The monoisotopic (exact) mass is 306 g/mol. The molecule has 1 aromatic carbocycles. The molecule has 2 aromatic heterocycles. The van der Waals surface area contributed by atoms with E-state index in [1.165, 1.54) is 5.56 Å². The third kappa shape index (κ3) is 3.59. The Labute approximate surface area is 137 Å². The number of aromatic nitrogens is 3. The summed E-state index contributed by atoms with van der Waals surface area (Å²) >= 11 is 0. The molecule has 2 heterocycles. The lowest BCUT2D eigenvalue weighted by Crippen LogP contribution is -2.15. The summed E-state index contributed by atoms with van der Waals surface area (Å²) in [6.07, 6.45) is 3.78. The van der Waals surface area contributed by atoms with Crippen LogP contribution in [0, 0.1) is 0 Å². The number of H-pyrrole nitrogens is 1. The molecule has 0 aliphatic rings. The van der Waals surface area contributed by atoms with Crippen molar-refractivity contribution in [3.8, 4) is 11.3 Å². The highest BCUT2D eigenvalue weighted by Gasteiger charge is 2.20. The van der Waals surface area contributed by atoms with Gasteiger partial charge in [0.2, 0.25) is 0 Å². The summed E-state index contributed by atoms with van der Waals surface area (Å²) in [6.45, 7) is 7.27. The molecule has 23 heavy (non-hydrogen) atoms. The van der Waals surface area contributed by atoms with Gasteiger partial charge in [-0.2, -0.15) is 5.10 Å². The van der Waals surface area contributed by atoms with Crippen LogP contribution in [0.3, 0.4) is 0 Å². The zero-order valence-corrected chi connectivity index (χ0v) is 13.8. The highest BCUT2D eigenvalue weighted by atomic mass is 15.1. The van der Waals surface area contributed by atoms with Crippen LogP contribution >= 0.6 is 0 Å². The van der Waals surface area contributed by atoms with Gasteiger partial charge in [0, 0.05) is 41.2 Å². The molecule has 0 amide bonds. The molecule has 0 radical (unpaired) electrons. The predicted molar refractivity (Wildman–Crippen MR) is 94.3 cm³/mol. The Morgan fingerprint density at radius 1 is 1.09 bits per heavy atom. The lowest BCUT2D eigenvalue weighted by molar-refractivity contribution is 0.561. The first-order valence-electron chi connectivity index (χ1n) is 7.82. The highest BCUT2D eigenvalue weighted by Crippen LogP contribution is 2.25. The van der Waals surface area contributed by atoms with Gasteiger partial charge in [-0.3, -0.25) is 10.1 Å². The number of nitrogens with one attached hydrogen (secondary N) is 2. The fourth-order valence-corrected chi connectivity index (χ4v) is 2.62. The fourth-order valence-electron chi connectivity index (χ4n) is 2.62. The van der Waals surface area contributed by atoms with E-state index in [0.717, 1.165) is 29.2 Å². The van der Waals surface area contributed by atoms with Gasteiger partial charge in [0.25, 0.3) is 0 Å². The molecular formula is C19H22N4. The maximum Gasteiger partial charge on any atom is 0.0725 e. The normalized spacial score (nSPS) is 11.4. The van der Waals surface area contributed by atoms with Crippen molar-refractivity contribution >= 4 is 5.69 Å². The molecule has 0 bridgehead atoms. The Morgan fingerprint density at radius 2 is 1.96 bits per heavy atom. The number of hydrogen-bond donors (Lipinski definition) is 2. The minimum absolute atomic E-state index is 0.0345. The molecular weight excluding hydrogens is 284 g/mol. The highest BCUT2D eigenvalue weighted by molar-refractivity contribution is 5.64. The summed E-state index contributed by atoms with van der Waals surface area (Å²) in [5, 5.41) is 10.9. The van der Waals surface area contributed by atoms with E-state index in [4.69, 9.17) is 0 Å². The first-order chi connectivity index (χ1) is 11.0. The lowest BCUT2D eigenvalue weighted by atomic mass is 9.89. The van der Waals surface area contributed by atoms with Crippen LogP contribution in [0.15, 0.2) is 54.9 Å². The van der Waals surface area contributed by atoms with E-state index in [-0.39, 0.29) is 5.41 Å². The summed E-state index contributed by atoms with van der Waals surface area (Å²) in [4.78, 5) is 4.40. The van der Waals surface area contributed by atoms with Crippen LogP contribution in [-0.2, 0) is 12.0 Å². The van der Waals surface area contributed by atoms with Crippen molar-refractivity contribution in [1.82, 2.24) is 15.2 Å². The van der Waals surface area contributed by atoms with E-state index in [9.17, 15) is 0 Å². The Bertz CT molecular complexity index is 769. The molecule has 0 aliphatic carbocycles. The molecule has 0 saturated heterocycles. The first-order valence-corrected chi connectivity index (χ1v) is 7.82. The van der Waals surface area contributed by atoms with E-state index in [1.54, 1.807) is 0 Å². The maximum atomic E-state index is 4.40. The third-order valence-corrected chi connectivity index (χ3v) is 3.74. The van der Waals surface area contributed by atoms with E-state index in [0.29, 0.717) is 0 Å². The lowest BCUT2D eigenvalue weighted by Gasteiger charge is -2.18. The van der Waals surface area contributed by atoms with Crippen molar-refractivity contribution in [3.63, 3.8) is 0 Å². The molecule has 118 valence electrons. The van der Waals surface area contributed by atoms with Crippen molar-refractivity contribution in [3.05, 3.63) is 66.1 Å². The summed E-state index contributed by atoms with van der Waals surface area (Å²) < 4.78 is 0. The second-order valence-corrected chi connectivity index (χ2v) is 6.66. The van der Waals surface area contributed by atoms with E-state index in [1.807, 2.05) is 36.7 Å². The minimum atomic E-state index is 0.0345. The average Bonchev–Trinajstić information content (AvgIpc) is 3.03. The zero-order chi connectivity index (χ0) is 16.3. The summed E-state index contributed by atoms with van der Waals surface area (Å²) in [5.74, 6) is 0. The number of rotatable bonds is 4. The van der Waals surface area contributed by atoms with Gasteiger partial charge in [-0.15, -0.1) is 0 Å². The summed E-state index contributed by atoms with van der Waals surface area (Å²) in [5.41, 5.74) is 5.50. The van der Waals surface area contributed by atoms with Crippen LogP contribution in [0.1, 0.15) is 32.0 Å². The molecule has 0 fully saturated rings. The largest absolute Gasteiger partial charge is 0.381 e. The Balaban J connectivity index is 1.76. The number of anilines is 1. The fraction of sp³-hybridized carbons (Fsp3) is 0.263. The van der Waals surface area contributed by atoms with Crippen LogP contribution in [0.2, 0.25) is 0 Å². The molecule has 4 heteroatoms. The quantitative estimate of drug-likeness (QED) is 0.752. The zero-order valence-electron chi connectivity index (χ0n) is 13.8. The standard InChI is InChI=1S/C19H22N4/c1-19(2,3)18-15(13-22-23-18)12-21-16-8-6-7-14(11-16)17-9-4-5-10-20-17/h4-11,13,21H,12H2,1-3H3,(H,22,23). The second kappa shape index (κ2) is 6.24. The van der Waals surface area contributed by atoms with Crippen molar-refractivity contribution < 1.29 is 0 Å². The van der Waals surface area contributed by atoms with Crippen molar-refractivity contribution in [1.29, 1.82) is 0 Å². The van der Waals surface area contributed by atoms with Gasteiger partial charge < -0.3 is 5.32 Å². The maximum absolute atomic E-state index is 4.40. The van der Waals surface area contributed by atoms with Crippen LogP contribution in [0.4, 0.5) is 5.69 Å². The van der Waals surface area contributed by atoms with Crippen LogP contribution in [0.25, 0.3) is 11.3 Å². The van der Waals surface area contributed by atoms with Gasteiger partial charge in [0.05, 0.1) is 11.4 Å². The predicted octanol–water partition coefficient (Wildman–Crippen LogP) is 4.38. The molecule has 2 N–H and O–H groups in total. The van der Waals surface area contributed by atoms with Gasteiger partial charge in [-0.05, 0) is 24.3 Å². The van der Waals surface area contributed by atoms with Gasteiger partial charge in [0.1, 0.15) is 0 Å². The van der Waals surface area contributed by atoms with Gasteiger partial charge >= 0.3 is 0 Å². The van der Waals surface area contributed by atoms with Gasteiger partial charge in [-0.1, -0.05) is 39.0 Å². The average molecular weight is 306 g/mol. The number of pyridine rings is 1. The smallest absolute Gasteiger partial charge is 0.0725 e. The molecule has 0 unspecified atom stereocenters. The van der Waals surface area contributed by atoms with E-state index >= 15 is 0 Å². The van der Waals surface area contributed by atoms with Crippen LogP contribution in [-0.4, -0.2) is 15.2 Å². The Kier molecular flexibility index (Phi) is 4.15. The topological polar surface area (TPSA) is 53.6 Å². The molecule has 3 rings (SSSR count). The van der Waals surface area contributed by atoms with E-state index in [2.05, 4.69) is 59.5 Å². The molecule has 4 nitrogen and oxygen atoms in total. The van der Waals surface area contributed by atoms with Crippen LogP contribution in [0.5, 0.6) is 0 Å². The molecule has 0 saturated carbocycles. The SMILES string of the molecule is CC(C)(C)c1n[nH]cc1CNc1cccc(-c2ccccn2)c1. The first kappa shape index (κ1) is 15.3.